The third-order valence-corrected chi connectivity index (χ3v) is 1.29. The van der Waals surface area contributed by atoms with Crippen LogP contribution in [0.2, 0.25) is 0 Å². The van der Waals surface area contributed by atoms with Crippen LogP contribution in [0.4, 0.5) is 0 Å². The standard InChI is InChI=1S/C6H8O7.ClH.2K.2H/c7-3(8)1-6(13,5(11)12)2-4(9)10;;;;;/h13H,1-2H2,(H,7,8)(H,9,10)(H,11,12);1H;;;;. The van der Waals surface area contributed by atoms with Crippen molar-refractivity contribution in [1.82, 2.24) is 0 Å². The quantitative estimate of drug-likeness (QED) is 0.427. The van der Waals surface area contributed by atoms with Gasteiger partial charge in [-0.25, -0.2) is 4.79 Å². The first-order valence-corrected chi connectivity index (χ1v) is 3.17. The number of rotatable bonds is 5. The van der Waals surface area contributed by atoms with E-state index in [1.54, 1.807) is 0 Å². The average molecular weight is 309 g/mol. The number of carbonyl (C=O) groups is 3. The molecule has 16 heavy (non-hydrogen) atoms. The predicted octanol–water partition coefficient (Wildman–Crippen LogP) is -2.12. The third kappa shape index (κ3) is 11.0. The molecule has 0 radical (unpaired) electrons. The van der Waals surface area contributed by atoms with Gasteiger partial charge in [0.05, 0.1) is 12.8 Å². The number of hydrogen-bond donors (Lipinski definition) is 4. The van der Waals surface area contributed by atoms with Crippen LogP contribution in [-0.2, 0) is 14.4 Å². The van der Waals surface area contributed by atoms with Crippen molar-refractivity contribution in [1.29, 1.82) is 0 Å². The first kappa shape index (κ1) is 26.5. The molecule has 0 saturated heterocycles. The van der Waals surface area contributed by atoms with Crippen LogP contribution in [0.5, 0.6) is 0 Å². The molecule has 86 valence electrons. The van der Waals surface area contributed by atoms with E-state index in [9.17, 15) is 14.4 Å². The van der Waals surface area contributed by atoms with Gasteiger partial charge >= 0.3 is 121 Å². The molecule has 0 aliphatic carbocycles. The second-order valence-corrected chi connectivity index (χ2v) is 2.48. The van der Waals surface area contributed by atoms with Crippen LogP contribution in [0.25, 0.3) is 0 Å². The summed E-state index contributed by atoms with van der Waals surface area (Å²) < 4.78 is 0. The maximum absolute atomic E-state index is 10.3. The summed E-state index contributed by atoms with van der Waals surface area (Å²) in [5, 5.41) is 33.8. The molecule has 0 rings (SSSR count). The summed E-state index contributed by atoms with van der Waals surface area (Å²) in [5.41, 5.74) is -2.74. The van der Waals surface area contributed by atoms with Crippen LogP contribution in [-0.4, -0.2) is 147 Å². The molecule has 0 unspecified atom stereocenters. The van der Waals surface area contributed by atoms with E-state index in [0.29, 0.717) is 0 Å². The van der Waals surface area contributed by atoms with Crippen LogP contribution < -0.4 is 0 Å². The molecule has 0 bridgehead atoms. The molecule has 0 aromatic rings. The van der Waals surface area contributed by atoms with Crippen molar-refractivity contribution >= 4 is 133 Å². The summed E-state index contributed by atoms with van der Waals surface area (Å²) in [7, 11) is 0. The van der Waals surface area contributed by atoms with Crippen LogP contribution in [0, 0.1) is 0 Å². The van der Waals surface area contributed by atoms with Gasteiger partial charge in [-0.2, -0.15) is 0 Å². The fourth-order valence-electron chi connectivity index (χ4n) is 0.714. The van der Waals surface area contributed by atoms with Gasteiger partial charge in [0.2, 0.25) is 0 Å². The summed E-state index contributed by atoms with van der Waals surface area (Å²) in [6.07, 6.45) is -2.29. The van der Waals surface area contributed by atoms with Crippen molar-refractivity contribution in [2.24, 2.45) is 0 Å². The molecule has 0 saturated carbocycles. The van der Waals surface area contributed by atoms with Gasteiger partial charge in [-0.1, -0.05) is 0 Å². The number of aliphatic carboxylic acids is 3. The van der Waals surface area contributed by atoms with Gasteiger partial charge in [0.15, 0.2) is 5.60 Å². The van der Waals surface area contributed by atoms with E-state index < -0.39 is 36.4 Å². The Morgan fingerprint density at radius 2 is 1.12 bits per heavy atom. The Kier molecular flexibility index (Phi) is 19.9. The molecule has 4 N–H and O–H groups in total. The van der Waals surface area contributed by atoms with Gasteiger partial charge in [0.1, 0.15) is 0 Å². The Bertz CT molecular complexity index is 241. The zero-order chi connectivity index (χ0) is 10.6. The summed E-state index contributed by atoms with van der Waals surface area (Å²) in [4.78, 5) is 30.5. The van der Waals surface area contributed by atoms with Crippen LogP contribution >= 0.6 is 12.4 Å². The topological polar surface area (TPSA) is 132 Å². The van der Waals surface area contributed by atoms with E-state index in [1.807, 2.05) is 0 Å². The zero-order valence-corrected chi connectivity index (χ0v) is 7.65. The molecular weight excluding hydrogens is 298 g/mol. The normalized spacial score (nSPS) is 8.81. The molecule has 0 aromatic carbocycles. The monoisotopic (exact) mass is 308 g/mol. The molecular formula is C6H11ClK2O7. The summed E-state index contributed by atoms with van der Waals surface area (Å²) in [5.74, 6) is -5.02. The summed E-state index contributed by atoms with van der Waals surface area (Å²) >= 11 is 0. The van der Waals surface area contributed by atoms with E-state index in [0.717, 1.165) is 0 Å². The number of carboxylic acid groups (broad SMARTS) is 3. The van der Waals surface area contributed by atoms with E-state index in [4.69, 9.17) is 20.4 Å². The molecule has 0 fully saturated rings. The van der Waals surface area contributed by atoms with Gasteiger partial charge in [-0.15, -0.1) is 12.4 Å². The molecule has 0 aliphatic rings. The minimum atomic E-state index is -2.74. The van der Waals surface area contributed by atoms with Crippen molar-refractivity contribution in [2.45, 2.75) is 18.4 Å². The van der Waals surface area contributed by atoms with Crippen LogP contribution in [0.3, 0.4) is 0 Å². The van der Waals surface area contributed by atoms with Gasteiger partial charge < -0.3 is 20.4 Å². The molecule has 7 nitrogen and oxygen atoms in total. The SMILES string of the molecule is Cl.O=C(O)CC(O)(CC(=O)O)C(=O)O.[KH].[KH]. The van der Waals surface area contributed by atoms with Crippen molar-refractivity contribution in [3.63, 3.8) is 0 Å². The number of aliphatic hydroxyl groups is 1. The Morgan fingerprint density at radius 1 is 0.875 bits per heavy atom. The number of hydrogen-bond acceptors (Lipinski definition) is 4. The first-order valence-electron chi connectivity index (χ1n) is 3.17. The van der Waals surface area contributed by atoms with Crippen LogP contribution in [0.15, 0.2) is 0 Å². The Balaban J connectivity index is -0.000000240. The Labute approximate surface area is 182 Å². The fraction of sp³-hybridized carbons (Fsp3) is 0.500. The molecule has 0 aromatic heterocycles. The Hall–Kier alpha value is 1.93. The van der Waals surface area contributed by atoms with Gasteiger partial charge in [-0.05, 0) is 0 Å². The van der Waals surface area contributed by atoms with Crippen molar-refractivity contribution in [2.75, 3.05) is 0 Å². The van der Waals surface area contributed by atoms with Crippen molar-refractivity contribution in [3.8, 4) is 0 Å². The first-order chi connectivity index (χ1) is 5.78. The van der Waals surface area contributed by atoms with E-state index >= 15 is 0 Å². The van der Waals surface area contributed by atoms with E-state index in [2.05, 4.69) is 0 Å². The number of carboxylic acids is 3. The average Bonchev–Trinajstić information content (AvgIpc) is 1.82. The molecule has 10 heteroatoms. The molecule has 0 atom stereocenters. The zero-order valence-electron chi connectivity index (χ0n) is 6.84. The molecule has 0 spiro atoms. The van der Waals surface area contributed by atoms with Crippen LogP contribution in [0.1, 0.15) is 12.8 Å². The predicted molar refractivity (Wildman–Crippen MR) is 58.6 cm³/mol. The molecule has 0 amide bonds. The fourth-order valence-corrected chi connectivity index (χ4v) is 0.714. The summed E-state index contributed by atoms with van der Waals surface area (Å²) in [6, 6.07) is 0. The summed E-state index contributed by atoms with van der Waals surface area (Å²) in [6.45, 7) is 0. The number of halogens is 1. The van der Waals surface area contributed by atoms with Crippen molar-refractivity contribution in [3.05, 3.63) is 0 Å². The van der Waals surface area contributed by atoms with Gasteiger partial charge in [0.25, 0.3) is 0 Å². The molecule has 0 heterocycles. The maximum atomic E-state index is 10.3. The Morgan fingerprint density at radius 3 is 1.25 bits per heavy atom. The third-order valence-electron chi connectivity index (χ3n) is 1.29. The minimum absolute atomic E-state index is 0. The van der Waals surface area contributed by atoms with E-state index in [-0.39, 0.29) is 115 Å². The van der Waals surface area contributed by atoms with Crippen molar-refractivity contribution < 1.29 is 34.8 Å². The molecule has 0 aliphatic heterocycles. The van der Waals surface area contributed by atoms with Gasteiger partial charge in [-0.3, -0.25) is 9.59 Å². The van der Waals surface area contributed by atoms with Gasteiger partial charge in [0, 0.05) is 0 Å². The second kappa shape index (κ2) is 12.0. The second-order valence-electron chi connectivity index (χ2n) is 2.48. The van der Waals surface area contributed by atoms with E-state index in [1.165, 1.54) is 0 Å².